The lowest BCUT2D eigenvalue weighted by atomic mass is 9.68. The van der Waals surface area contributed by atoms with Gasteiger partial charge in [-0.05, 0) is 85.8 Å². The van der Waals surface area contributed by atoms with Gasteiger partial charge in [-0.3, -0.25) is 0 Å². The van der Waals surface area contributed by atoms with Crippen LogP contribution < -0.4 is 0 Å². The van der Waals surface area contributed by atoms with E-state index in [1.54, 1.807) is 12.1 Å². The van der Waals surface area contributed by atoms with E-state index in [4.69, 9.17) is 0 Å². The SMILES string of the molecule is Fc1ccc([C@H]2CC[C@H]([C@H]3CC[C@H](CCCC4CCCC4)CC3)CC2)cc1. The molecular formula is C26H39F. The number of rotatable bonds is 6. The Morgan fingerprint density at radius 3 is 1.74 bits per heavy atom. The van der Waals surface area contributed by atoms with Crippen molar-refractivity contribution in [2.75, 3.05) is 0 Å². The first-order chi connectivity index (χ1) is 13.3. The van der Waals surface area contributed by atoms with Crippen LogP contribution in [0.3, 0.4) is 0 Å². The van der Waals surface area contributed by atoms with Crippen LogP contribution in [0.2, 0.25) is 0 Å². The molecule has 1 aromatic carbocycles. The molecule has 0 nitrogen and oxygen atoms in total. The summed E-state index contributed by atoms with van der Waals surface area (Å²) in [6.07, 6.45) is 22.0. The number of hydrogen-bond donors (Lipinski definition) is 0. The summed E-state index contributed by atoms with van der Waals surface area (Å²) < 4.78 is 13.1. The van der Waals surface area contributed by atoms with Crippen molar-refractivity contribution in [3.05, 3.63) is 35.6 Å². The highest BCUT2D eigenvalue weighted by molar-refractivity contribution is 5.21. The fraction of sp³-hybridized carbons (Fsp3) is 0.769. The Balaban J connectivity index is 1.14. The van der Waals surface area contributed by atoms with Gasteiger partial charge in [-0.15, -0.1) is 0 Å². The molecule has 0 radical (unpaired) electrons. The predicted octanol–water partition coefficient (Wildman–Crippen LogP) is 8.27. The van der Waals surface area contributed by atoms with Gasteiger partial charge in [0.05, 0.1) is 0 Å². The molecule has 27 heavy (non-hydrogen) atoms. The maximum atomic E-state index is 13.1. The second-order valence-corrected chi connectivity index (χ2v) is 10.0. The smallest absolute Gasteiger partial charge is 0.123 e. The van der Waals surface area contributed by atoms with E-state index in [0.29, 0.717) is 5.92 Å². The molecule has 0 bridgehead atoms. The van der Waals surface area contributed by atoms with Crippen molar-refractivity contribution in [1.82, 2.24) is 0 Å². The van der Waals surface area contributed by atoms with Crippen LogP contribution in [0, 0.1) is 29.5 Å². The largest absolute Gasteiger partial charge is 0.207 e. The van der Waals surface area contributed by atoms with Crippen molar-refractivity contribution in [1.29, 1.82) is 0 Å². The highest BCUT2D eigenvalue weighted by atomic mass is 19.1. The topological polar surface area (TPSA) is 0 Å². The van der Waals surface area contributed by atoms with Crippen molar-refractivity contribution in [3.63, 3.8) is 0 Å². The molecule has 1 heteroatoms. The summed E-state index contributed by atoms with van der Waals surface area (Å²) in [5, 5.41) is 0. The van der Waals surface area contributed by atoms with E-state index in [1.165, 1.54) is 102 Å². The van der Waals surface area contributed by atoms with Crippen molar-refractivity contribution in [2.24, 2.45) is 23.7 Å². The lowest BCUT2D eigenvalue weighted by Crippen LogP contribution is -2.25. The molecular weight excluding hydrogens is 331 g/mol. The van der Waals surface area contributed by atoms with E-state index in [9.17, 15) is 4.39 Å². The van der Waals surface area contributed by atoms with Gasteiger partial charge in [0, 0.05) is 0 Å². The molecule has 4 rings (SSSR count). The van der Waals surface area contributed by atoms with Crippen molar-refractivity contribution in [3.8, 4) is 0 Å². The van der Waals surface area contributed by atoms with Gasteiger partial charge in [0.15, 0.2) is 0 Å². The third-order valence-corrected chi connectivity index (χ3v) is 8.37. The Kier molecular flexibility index (Phi) is 6.90. The fourth-order valence-electron chi connectivity index (χ4n) is 6.60. The molecule has 0 saturated heterocycles. The highest BCUT2D eigenvalue weighted by Crippen LogP contribution is 2.44. The van der Waals surface area contributed by atoms with E-state index in [2.05, 4.69) is 0 Å². The van der Waals surface area contributed by atoms with Crippen LogP contribution in [0.15, 0.2) is 24.3 Å². The Morgan fingerprint density at radius 2 is 1.15 bits per heavy atom. The maximum Gasteiger partial charge on any atom is 0.123 e. The van der Waals surface area contributed by atoms with Gasteiger partial charge >= 0.3 is 0 Å². The second kappa shape index (κ2) is 9.57. The van der Waals surface area contributed by atoms with Gasteiger partial charge in [-0.1, -0.05) is 69.9 Å². The van der Waals surface area contributed by atoms with E-state index in [1.807, 2.05) is 12.1 Å². The number of hydrogen-bond acceptors (Lipinski definition) is 0. The maximum absolute atomic E-state index is 13.1. The molecule has 150 valence electrons. The zero-order valence-corrected chi connectivity index (χ0v) is 17.2. The molecule has 0 unspecified atom stereocenters. The van der Waals surface area contributed by atoms with Crippen molar-refractivity contribution in [2.45, 2.75) is 102 Å². The fourth-order valence-corrected chi connectivity index (χ4v) is 6.60. The zero-order chi connectivity index (χ0) is 18.5. The van der Waals surface area contributed by atoms with Gasteiger partial charge in [-0.2, -0.15) is 0 Å². The minimum absolute atomic E-state index is 0.104. The predicted molar refractivity (Wildman–Crippen MR) is 112 cm³/mol. The molecule has 0 aliphatic heterocycles. The van der Waals surface area contributed by atoms with E-state index in [0.717, 1.165) is 23.7 Å². The summed E-state index contributed by atoms with van der Waals surface area (Å²) >= 11 is 0. The minimum atomic E-state index is -0.104. The van der Waals surface area contributed by atoms with Crippen LogP contribution in [-0.2, 0) is 0 Å². The van der Waals surface area contributed by atoms with Crippen LogP contribution in [-0.4, -0.2) is 0 Å². The summed E-state index contributed by atoms with van der Waals surface area (Å²) in [6.45, 7) is 0. The number of halogens is 1. The Hall–Kier alpha value is -0.850. The van der Waals surface area contributed by atoms with Crippen LogP contribution in [0.1, 0.15) is 108 Å². The van der Waals surface area contributed by atoms with E-state index < -0.39 is 0 Å². The molecule has 3 saturated carbocycles. The normalized spacial score (nSPS) is 32.6. The van der Waals surface area contributed by atoms with Crippen LogP contribution >= 0.6 is 0 Å². The van der Waals surface area contributed by atoms with Gasteiger partial charge in [0.2, 0.25) is 0 Å². The van der Waals surface area contributed by atoms with Crippen LogP contribution in [0.5, 0.6) is 0 Å². The molecule has 3 fully saturated rings. The zero-order valence-electron chi connectivity index (χ0n) is 17.2. The summed E-state index contributed by atoms with van der Waals surface area (Å²) in [6, 6.07) is 7.29. The van der Waals surface area contributed by atoms with Crippen LogP contribution in [0.4, 0.5) is 4.39 Å². The molecule has 3 aliphatic carbocycles. The van der Waals surface area contributed by atoms with Crippen molar-refractivity contribution < 1.29 is 4.39 Å². The molecule has 0 spiro atoms. The number of benzene rings is 1. The summed E-state index contributed by atoms with van der Waals surface area (Å²) in [5.41, 5.74) is 1.36. The Morgan fingerprint density at radius 1 is 0.630 bits per heavy atom. The minimum Gasteiger partial charge on any atom is -0.207 e. The van der Waals surface area contributed by atoms with E-state index in [-0.39, 0.29) is 5.82 Å². The van der Waals surface area contributed by atoms with Gasteiger partial charge in [0.1, 0.15) is 5.82 Å². The summed E-state index contributed by atoms with van der Waals surface area (Å²) in [4.78, 5) is 0. The first-order valence-corrected chi connectivity index (χ1v) is 12.0. The third kappa shape index (κ3) is 5.36. The molecule has 0 amide bonds. The monoisotopic (exact) mass is 370 g/mol. The second-order valence-electron chi connectivity index (χ2n) is 10.0. The first-order valence-electron chi connectivity index (χ1n) is 12.0. The lowest BCUT2D eigenvalue weighted by Gasteiger charge is -2.38. The van der Waals surface area contributed by atoms with Gasteiger partial charge in [0.25, 0.3) is 0 Å². The third-order valence-electron chi connectivity index (χ3n) is 8.37. The summed E-state index contributed by atoms with van der Waals surface area (Å²) in [7, 11) is 0. The molecule has 0 aromatic heterocycles. The van der Waals surface area contributed by atoms with Crippen molar-refractivity contribution >= 4 is 0 Å². The molecule has 0 atom stereocenters. The average Bonchev–Trinajstić information content (AvgIpc) is 3.23. The quantitative estimate of drug-likeness (QED) is 0.472. The summed E-state index contributed by atoms with van der Waals surface area (Å²) in [5.74, 6) is 4.67. The highest BCUT2D eigenvalue weighted by Gasteiger charge is 2.31. The Labute approximate surface area is 166 Å². The van der Waals surface area contributed by atoms with Gasteiger partial charge < -0.3 is 0 Å². The molecule has 3 aliphatic rings. The van der Waals surface area contributed by atoms with Gasteiger partial charge in [-0.25, -0.2) is 4.39 Å². The molecule has 0 heterocycles. The van der Waals surface area contributed by atoms with Crippen LogP contribution in [0.25, 0.3) is 0 Å². The lowest BCUT2D eigenvalue weighted by molar-refractivity contribution is 0.155. The first kappa shape index (κ1) is 19.5. The molecule has 0 N–H and O–H groups in total. The standard InChI is InChI=1S/C26H39F/c27-26-18-16-25(17-19-26)24-14-12-23(13-15-24)22-10-8-21(9-11-22)7-3-6-20-4-1-2-5-20/h16-24H,1-15H2/t21-,22-,23-,24-. The van der Waals surface area contributed by atoms with E-state index >= 15 is 0 Å². The molecule has 1 aromatic rings. The Bertz CT molecular complexity index is 540. The average molecular weight is 371 g/mol.